The molecule has 0 saturated heterocycles. The number of rotatable bonds is 1. The molecule has 0 aromatic heterocycles. The lowest BCUT2D eigenvalue weighted by atomic mass is 9.62. The normalized spacial score (nSPS) is 37.0. The fraction of sp³-hybridized carbons (Fsp3) is 1.00. The first-order chi connectivity index (χ1) is 4.13. The van der Waals surface area contributed by atoms with E-state index in [1.807, 2.05) is 0 Å². The van der Waals surface area contributed by atoms with E-state index in [0.717, 1.165) is 23.7 Å². The fourth-order valence-corrected chi connectivity index (χ4v) is 2.58. The van der Waals surface area contributed by atoms with Crippen LogP contribution in [0.3, 0.4) is 0 Å². The molecular weight excluding hydrogens is 108 g/mol. The van der Waals surface area contributed by atoms with Gasteiger partial charge in [0.1, 0.15) is 0 Å². The van der Waals surface area contributed by atoms with E-state index in [-0.39, 0.29) is 0 Å². The maximum atomic E-state index is 2.38. The highest BCUT2D eigenvalue weighted by Crippen LogP contribution is 2.43. The smallest absolute Gasteiger partial charge is 0.0339 e. The van der Waals surface area contributed by atoms with Crippen molar-refractivity contribution in [1.29, 1.82) is 0 Å². The van der Waals surface area contributed by atoms with Gasteiger partial charge < -0.3 is 0 Å². The van der Waals surface area contributed by atoms with E-state index in [9.17, 15) is 0 Å². The summed E-state index contributed by atoms with van der Waals surface area (Å²) in [6.07, 6.45) is 1.46. The molecule has 0 unspecified atom stereocenters. The highest BCUT2D eigenvalue weighted by Gasteiger charge is 2.36. The zero-order chi connectivity index (χ0) is 7.02. The lowest BCUT2D eigenvalue weighted by molar-refractivity contribution is 0.0570. The van der Waals surface area contributed by atoms with Gasteiger partial charge in [-0.2, -0.15) is 0 Å². The van der Waals surface area contributed by atoms with E-state index >= 15 is 0 Å². The zero-order valence-electron chi connectivity index (χ0n) is 7.02. The molecular formula is C9H18. The van der Waals surface area contributed by atoms with E-state index in [2.05, 4.69) is 27.7 Å². The van der Waals surface area contributed by atoms with Gasteiger partial charge in [-0.3, -0.25) is 0 Å². The van der Waals surface area contributed by atoms with Crippen molar-refractivity contribution in [2.75, 3.05) is 0 Å². The molecule has 0 spiro atoms. The third-order valence-corrected chi connectivity index (χ3v) is 2.83. The predicted octanol–water partition coefficient (Wildman–Crippen LogP) is 2.93. The molecule has 0 aromatic rings. The molecule has 0 N–H and O–H groups in total. The van der Waals surface area contributed by atoms with Gasteiger partial charge in [-0.1, -0.05) is 27.7 Å². The molecule has 0 radical (unpaired) electrons. The SMILES string of the molecule is CC(C)C1[C@H](C)C[C@H]1C. The van der Waals surface area contributed by atoms with E-state index in [4.69, 9.17) is 0 Å². The fourth-order valence-electron chi connectivity index (χ4n) is 2.58. The van der Waals surface area contributed by atoms with Crippen molar-refractivity contribution < 1.29 is 0 Å². The minimum Gasteiger partial charge on any atom is -0.0625 e. The Labute approximate surface area is 58.7 Å². The molecule has 0 heterocycles. The van der Waals surface area contributed by atoms with Crippen molar-refractivity contribution in [3.63, 3.8) is 0 Å². The molecule has 1 fully saturated rings. The van der Waals surface area contributed by atoms with Gasteiger partial charge in [0, 0.05) is 0 Å². The highest BCUT2D eigenvalue weighted by molar-refractivity contribution is 4.85. The van der Waals surface area contributed by atoms with Crippen molar-refractivity contribution in [3.05, 3.63) is 0 Å². The van der Waals surface area contributed by atoms with E-state index in [1.54, 1.807) is 0 Å². The van der Waals surface area contributed by atoms with Crippen LogP contribution < -0.4 is 0 Å². The molecule has 1 aliphatic rings. The Morgan fingerprint density at radius 3 is 1.67 bits per heavy atom. The van der Waals surface area contributed by atoms with Crippen LogP contribution in [0.2, 0.25) is 0 Å². The van der Waals surface area contributed by atoms with Gasteiger partial charge >= 0.3 is 0 Å². The van der Waals surface area contributed by atoms with Crippen LogP contribution >= 0.6 is 0 Å². The second-order valence-electron chi connectivity index (χ2n) is 4.01. The molecule has 0 aliphatic heterocycles. The molecule has 54 valence electrons. The van der Waals surface area contributed by atoms with Crippen molar-refractivity contribution >= 4 is 0 Å². The molecule has 0 bridgehead atoms. The lowest BCUT2D eigenvalue weighted by Gasteiger charge is -2.44. The molecule has 2 atom stereocenters. The topological polar surface area (TPSA) is 0 Å². The second kappa shape index (κ2) is 2.32. The Kier molecular flexibility index (Phi) is 1.83. The molecule has 0 heteroatoms. The standard InChI is InChI=1S/C9H18/c1-6(2)9-7(3)5-8(9)4/h6-9H,5H2,1-4H3/t7-,8-/m1/s1. The average molecular weight is 126 g/mol. The van der Waals surface area contributed by atoms with Gasteiger partial charge in [0.25, 0.3) is 0 Å². The number of hydrogen-bond donors (Lipinski definition) is 0. The minimum absolute atomic E-state index is 0.906. The third-order valence-electron chi connectivity index (χ3n) is 2.83. The Morgan fingerprint density at radius 1 is 1.11 bits per heavy atom. The van der Waals surface area contributed by atoms with Gasteiger partial charge in [0.2, 0.25) is 0 Å². The Morgan fingerprint density at radius 2 is 1.56 bits per heavy atom. The molecule has 0 nitrogen and oxygen atoms in total. The average Bonchev–Trinajstić information content (AvgIpc) is 1.62. The summed E-state index contributed by atoms with van der Waals surface area (Å²) in [7, 11) is 0. The zero-order valence-corrected chi connectivity index (χ0v) is 7.02. The summed E-state index contributed by atoms with van der Waals surface area (Å²) in [4.78, 5) is 0. The quantitative estimate of drug-likeness (QED) is 0.506. The predicted molar refractivity (Wildman–Crippen MR) is 41.3 cm³/mol. The summed E-state index contributed by atoms with van der Waals surface area (Å²) >= 11 is 0. The van der Waals surface area contributed by atoms with Gasteiger partial charge in [-0.05, 0) is 30.1 Å². The molecule has 0 aromatic carbocycles. The summed E-state index contributed by atoms with van der Waals surface area (Å²) in [5.74, 6) is 3.92. The second-order valence-corrected chi connectivity index (χ2v) is 4.01. The van der Waals surface area contributed by atoms with Gasteiger partial charge in [0.15, 0.2) is 0 Å². The number of hydrogen-bond acceptors (Lipinski definition) is 0. The molecule has 0 amide bonds. The third kappa shape index (κ3) is 1.12. The van der Waals surface area contributed by atoms with E-state index in [1.165, 1.54) is 6.42 Å². The van der Waals surface area contributed by atoms with Crippen molar-refractivity contribution in [3.8, 4) is 0 Å². The maximum absolute atomic E-state index is 2.38. The molecule has 9 heavy (non-hydrogen) atoms. The van der Waals surface area contributed by atoms with Crippen LogP contribution in [0.25, 0.3) is 0 Å². The first-order valence-electron chi connectivity index (χ1n) is 4.13. The van der Waals surface area contributed by atoms with Crippen LogP contribution in [-0.4, -0.2) is 0 Å². The van der Waals surface area contributed by atoms with Crippen LogP contribution in [0.15, 0.2) is 0 Å². The summed E-state index contributed by atoms with van der Waals surface area (Å²) in [5, 5.41) is 0. The Balaban J connectivity index is 2.39. The molecule has 1 aliphatic carbocycles. The van der Waals surface area contributed by atoms with E-state index in [0.29, 0.717) is 0 Å². The minimum atomic E-state index is 0.906. The van der Waals surface area contributed by atoms with Crippen molar-refractivity contribution in [2.45, 2.75) is 34.1 Å². The van der Waals surface area contributed by atoms with Crippen molar-refractivity contribution in [1.82, 2.24) is 0 Å². The van der Waals surface area contributed by atoms with Crippen molar-refractivity contribution in [2.24, 2.45) is 23.7 Å². The largest absolute Gasteiger partial charge is 0.0625 e. The summed E-state index contributed by atoms with van der Waals surface area (Å²) in [5.41, 5.74) is 0. The monoisotopic (exact) mass is 126 g/mol. The van der Waals surface area contributed by atoms with Crippen LogP contribution in [0, 0.1) is 23.7 Å². The summed E-state index contributed by atoms with van der Waals surface area (Å²) in [6.45, 7) is 9.45. The van der Waals surface area contributed by atoms with Gasteiger partial charge in [0.05, 0.1) is 0 Å². The van der Waals surface area contributed by atoms with Gasteiger partial charge in [-0.25, -0.2) is 0 Å². The molecule has 1 saturated carbocycles. The van der Waals surface area contributed by atoms with E-state index < -0.39 is 0 Å². The first kappa shape index (κ1) is 7.11. The van der Waals surface area contributed by atoms with Gasteiger partial charge in [-0.15, -0.1) is 0 Å². The Hall–Kier alpha value is 0. The summed E-state index contributed by atoms with van der Waals surface area (Å²) in [6, 6.07) is 0. The van der Waals surface area contributed by atoms with Crippen LogP contribution in [0.4, 0.5) is 0 Å². The lowest BCUT2D eigenvalue weighted by Crippen LogP contribution is -2.36. The van der Waals surface area contributed by atoms with Crippen LogP contribution in [-0.2, 0) is 0 Å². The Bertz CT molecular complexity index is 79.5. The first-order valence-corrected chi connectivity index (χ1v) is 4.13. The van der Waals surface area contributed by atoms with Crippen LogP contribution in [0.1, 0.15) is 34.1 Å². The highest BCUT2D eigenvalue weighted by atomic mass is 14.4. The van der Waals surface area contributed by atoms with Crippen LogP contribution in [0.5, 0.6) is 0 Å². The summed E-state index contributed by atoms with van der Waals surface area (Å²) < 4.78 is 0. The maximum Gasteiger partial charge on any atom is -0.0339 e. The molecule has 1 rings (SSSR count).